The molecule has 2 atom stereocenters. The quantitative estimate of drug-likeness (QED) is 0.470. The summed E-state index contributed by atoms with van der Waals surface area (Å²) in [6.07, 6.45) is 0.753. The van der Waals surface area contributed by atoms with Gasteiger partial charge in [-0.25, -0.2) is 0 Å². The van der Waals surface area contributed by atoms with Crippen LogP contribution < -0.4 is 4.90 Å². The zero-order valence-corrected chi connectivity index (χ0v) is 14.9. The van der Waals surface area contributed by atoms with Crippen LogP contribution in [0.4, 0.5) is 5.69 Å². The van der Waals surface area contributed by atoms with Crippen LogP contribution in [0.2, 0.25) is 0 Å². The van der Waals surface area contributed by atoms with Crippen molar-refractivity contribution >= 4 is 60.1 Å². The molecule has 2 aliphatic rings. The Bertz CT molecular complexity index is 426. The van der Waals surface area contributed by atoms with Crippen molar-refractivity contribution in [3.63, 3.8) is 0 Å². The van der Waals surface area contributed by atoms with Gasteiger partial charge in [-0.1, -0.05) is 0 Å². The normalized spacial score (nSPS) is 25.1. The lowest BCUT2D eigenvalue weighted by Crippen LogP contribution is -2.32. The number of hydrogen-bond donors (Lipinski definition) is 0. The highest BCUT2D eigenvalue weighted by molar-refractivity contribution is 14.1. The Kier molecular flexibility index (Phi) is 4.20. The minimum absolute atomic E-state index is 0.377. The fourth-order valence-corrected chi connectivity index (χ4v) is 5.10. The molecule has 0 radical (unpaired) electrons. The van der Waals surface area contributed by atoms with Crippen LogP contribution in [-0.4, -0.2) is 38.5 Å². The third-order valence-electron chi connectivity index (χ3n) is 2.95. The summed E-state index contributed by atoms with van der Waals surface area (Å²) < 4.78 is 14.1. The zero-order valence-electron chi connectivity index (χ0n) is 9.54. The average Bonchev–Trinajstić information content (AvgIpc) is 3.10. The molecule has 0 spiro atoms. The molecule has 3 nitrogen and oxygen atoms in total. The number of rotatable bonds is 5. The van der Waals surface area contributed by atoms with Gasteiger partial charge in [-0.05, 0) is 66.6 Å². The van der Waals surface area contributed by atoms with Gasteiger partial charge in [-0.15, -0.1) is 0 Å². The van der Waals surface area contributed by atoms with Crippen molar-refractivity contribution < 1.29 is 9.47 Å². The van der Waals surface area contributed by atoms with Crippen molar-refractivity contribution in [2.75, 3.05) is 31.2 Å². The fourth-order valence-electron chi connectivity index (χ4n) is 1.93. The maximum atomic E-state index is 5.35. The monoisotopic (exact) mass is 487 g/mol. The van der Waals surface area contributed by atoms with E-state index in [-0.39, 0.29) is 0 Å². The van der Waals surface area contributed by atoms with Gasteiger partial charge in [-0.3, -0.25) is 0 Å². The molecule has 1 aromatic carbocycles. The first-order valence-corrected chi connectivity index (χ1v) is 8.42. The van der Waals surface area contributed by atoms with Gasteiger partial charge in [-0.2, -0.15) is 0 Å². The SMILES string of the molecule is Brc1cc(I)cc(Br)c1N(CC1CO1)CC1CO1. The molecule has 98 valence electrons. The summed E-state index contributed by atoms with van der Waals surface area (Å²) in [7, 11) is 0. The molecular formula is C12H12Br2INO2. The molecule has 1 aromatic rings. The largest absolute Gasteiger partial charge is 0.371 e. The molecule has 18 heavy (non-hydrogen) atoms. The van der Waals surface area contributed by atoms with Crippen LogP contribution in [0.15, 0.2) is 21.1 Å². The van der Waals surface area contributed by atoms with Crippen LogP contribution >= 0.6 is 54.5 Å². The number of halogens is 3. The van der Waals surface area contributed by atoms with Crippen LogP contribution in [0.5, 0.6) is 0 Å². The molecule has 3 rings (SSSR count). The van der Waals surface area contributed by atoms with E-state index in [1.54, 1.807) is 0 Å². The summed E-state index contributed by atoms with van der Waals surface area (Å²) in [4.78, 5) is 2.35. The van der Waals surface area contributed by atoms with Gasteiger partial charge in [0, 0.05) is 25.6 Å². The number of ether oxygens (including phenoxy) is 2. The Morgan fingerprint density at radius 3 is 1.94 bits per heavy atom. The number of hydrogen-bond acceptors (Lipinski definition) is 3. The van der Waals surface area contributed by atoms with Crippen molar-refractivity contribution in [2.24, 2.45) is 0 Å². The fraction of sp³-hybridized carbons (Fsp3) is 0.500. The second-order valence-corrected chi connectivity index (χ2v) is 7.49. The van der Waals surface area contributed by atoms with E-state index in [4.69, 9.17) is 9.47 Å². The molecule has 0 aliphatic carbocycles. The van der Waals surface area contributed by atoms with Crippen LogP contribution in [0, 0.1) is 3.57 Å². The molecule has 2 fully saturated rings. The summed E-state index contributed by atoms with van der Waals surface area (Å²) in [5, 5.41) is 0. The topological polar surface area (TPSA) is 28.3 Å². The average molecular weight is 489 g/mol. The van der Waals surface area contributed by atoms with E-state index in [1.807, 2.05) is 0 Å². The van der Waals surface area contributed by atoms with Crippen molar-refractivity contribution in [3.8, 4) is 0 Å². The molecule has 6 heteroatoms. The van der Waals surface area contributed by atoms with E-state index in [0.717, 1.165) is 35.2 Å². The van der Waals surface area contributed by atoms with Gasteiger partial charge in [0.25, 0.3) is 0 Å². The van der Waals surface area contributed by atoms with E-state index < -0.39 is 0 Å². The predicted molar refractivity (Wildman–Crippen MR) is 86.3 cm³/mol. The Morgan fingerprint density at radius 1 is 1.11 bits per heavy atom. The molecule has 2 aliphatic heterocycles. The minimum Gasteiger partial charge on any atom is -0.371 e. The van der Waals surface area contributed by atoms with E-state index in [2.05, 4.69) is 71.5 Å². The second-order valence-electron chi connectivity index (χ2n) is 4.53. The number of epoxide rings is 2. The maximum Gasteiger partial charge on any atom is 0.0984 e. The van der Waals surface area contributed by atoms with Crippen LogP contribution in [-0.2, 0) is 9.47 Å². The van der Waals surface area contributed by atoms with E-state index >= 15 is 0 Å². The molecule has 2 unspecified atom stereocenters. The van der Waals surface area contributed by atoms with E-state index in [9.17, 15) is 0 Å². The Morgan fingerprint density at radius 2 is 1.56 bits per heavy atom. The number of anilines is 1. The van der Waals surface area contributed by atoms with E-state index in [1.165, 1.54) is 9.26 Å². The zero-order chi connectivity index (χ0) is 12.7. The molecule has 0 aromatic heterocycles. The minimum atomic E-state index is 0.377. The van der Waals surface area contributed by atoms with Crippen molar-refractivity contribution in [3.05, 3.63) is 24.6 Å². The summed E-state index contributed by atoms with van der Waals surface area (Å²) in [5.41, 5.74) is 1.20. The highest BCUT2D eigenvalue weighted by Gasteiger charge is 2.32. The molecule has 0 N–H and O–H groups in total. The third kappa shape index (κ3) is 3.39. The lowest BCUT2D eigenvalue weighted by molar-refractivity contribution is 0.389. The smallest absolute Gasteiger partial charge is 0.0984 e. The molecule has 2 heterocycles. The van der Waals surface area contributed by atoms with Gasteiger partial charge in [0.05, 0.1) is 31.1 Å². The lowest BCUT2D eigenvalue weighted by Gasteiger charge is -2.26. The number of nitrogens with zero attached hydrogens (tertiary/aromatic N) is 1. The first kappa shape index (κ1) is 13.6. The van der Waals surface area contributed by atoms with Crippen LogP contribution in [0.3, 0.4) is 0 Å². The number of benzene rings is 1. The first-order valence-electron chi connectivity index (χ1n) is 5.76. The molecule has 2 saturated heterocycles. The van der Waals surface area contributed by atoms with Gasteiger partial charge in [0.1, 0.15) is 0 Å². The van der Waals surface area contributed by atoms with Gasteiger partial charge in [0.15, 0.2) is 0 Å². The highest BCUT2D eigenvalue weighted by atomic mass is 127. The summed E-state index contributed by atoms with van der Waals surface area (Å²) >= 11 is 9.64. The van der Waals surface area contributed by atoms with Crippen LogP contribution in [0.25, 0.3) is 0 Å². The second kappa shape index (κ2) is 5.55. The van der Waals surface area contributed by atoms with Gasteiger partial charge in [0.2, 0.25) is 0 Å². The van der Waals surface area contributed by atoms with Crippen molar-refractivity contribution in [1.82, 2.24) is 0 Å². The summed E-state index contributed by atoms with van der Waals surface area (Å²) in [6.45, 7) is 3.61. The standard InChI is InChI=1S/C12H12Br2INO2/c13-10-1-7(15)2-11(14)12(10)16(3-8-5-17-8)4-9-6-18-9/h1-2,8-9H,3-6H2. The van der Waals surface area contributed by atoms with Gasteiger partial charge >= 0.3 is 0 Å². The summed E-state index contributed by atoms with van der Waals surface area (Å²) in [5.74, 6) is 0. The first-order chi connectivity index (χ1) is 8.63. The summed E-state index contributed by atoms with van der Waals surface area (Å²) in [6, 6.07) is 4.27. The molecule has 0 bridgehead atoms. The van der Waals surface area contributed by atoms with Crippen LogP contribution in [0.1, 0.15) is 0 Å². The highest BCUT2D eigenvalue weighted by Crippen LogP contribution is 2.37. The Hall–Kier alpha value is 0.630. The molecule has 0 amide bonds. The van der Waals surface area contributed by atoms with Crippen molar-refractivity contribution in [2.45, 2.75) is 12.2 Å². The predicted octanol–water partition coefficient (Wildman–Crippen LogP) is 3.42. The third-order valence-corrected chi connectivity index (χ3v) is 4.78. The van der Waals surface area contributed by atoms with Gasteiger partial charge < -0.3 is 14.4 Å². The maximum absolute atomic E-state index is 5.35. The van der Waals surface area contributed by atoms with E-state index in [0.29, 0.717) is 12.2 Å². The molecule has 0 saturated carbocycles. The Labute approximate surface area is 137 Å². The Balaban J connectivity index is 1.86. The molecular weight excluding hydrogens is 477 g/mol. The van der Waals surface area contributed by atoms with Crippen molar-refractivity contribution in [1.29, 1.82) is 0 Å². The lowest BCUT2D eigenvalue weighted by atomic mass is 10.2.